The van der Waals surface area contributed by atoms with Gasteiger partial charge in [-0.2, -0.15) is 0 Å². The van der Waals surface area contributed by atoms with Crippen LogP contribution in [0.25, 0.3) is 11.1 Å². The van der Waals surface area contributed by atoms with Crippen LogP contribution in [0.15, 0.2) is 36.4 Å². The van der Waals surface area contributed by atoms with Gasteiger partial charge < -0.3 is 10.6 Å². The summed E-state index contributed by atoms with van der Waals surface area (Å²) in [6.45, 7) is 13.0. The summed E-state index contributed by atoms with van der Waals surface area (Å²) in [6.07, 6.45) is 1.09. The number of benzene rings is 1. The van der Waals surface area contributed by atoms with Gasteiger partial charge in [0, 0.05) is 18.7 Å². The fourth-order valence-corrected chi connectivity index (χ4v) is 3.07. The predicted molar refractivity (Wildman–Crippen MR) is 106 cm³/mol. The zero-order valence-corrected chi connectivity index (χ0v) is 15.7. The molecule has 0 atom stereocenters. The number of pyridine rings is 1. The van der Waals surface area contributed by atoms with Crippen molar-refractivity contribution >= 4 is 11.5 Å². The maximum atomic E-state index is 6.43. The summed E-state index contributed by atoms with van der Waals surface area (Å²) in [5.41, 5.74) is 10.6. The number of rotatable bonds is 7. The normalized spacial score (nSPS) is 11.3. The molecular weight excluding hydrogens is 294 g/mol. The van der Waals surface area contributed by atoms with E-state index in [0.717, 1.165) is 42.3 Å². The molecule has 1 aromatic heterocycles. The van der Waals surface area contributed by atoms with Gasteiger partial charge in [0.1, 0.15) is 0 Å². The highest BCUT2D eigenvalue weighted by Crippen LogP contribution is 2.34. The van der Waals surface area contributed by atoms with Crippen LogP contribution in [0.5, 0.6) is 0 Å². The van der Waals surface area contributed by atoms with Crippen LogP contribution in [0, 0.1) is 5.92 Å². The number of aromatic nitrogens is 1. The lowest BCUT2D eigenvalue weighted by molar-refractivity contribution is 0.601. The standard InChI is InChI=1S/C21H31N3/c1-6-12-24(14-15(2)3)21-19(22)13-18(20(23-21)16(4)5)17-10-8-7-9-11-17/h7-11,13,15-16H,6,12,14,22H2,1-5H3. The summed E-state index contributed by atoms with van der Waals surface area (Å²) in [4.78, 5) is 7.36. The quantitative estimate of drug-likeness (QED) is 0.748. The van der Waals surface area contributed by atoms with Crippen molar-refractivity contribution in [1.29, 1.82) is 0 Å². The lowest BCUT2D eigenvalue weighted by Gasteiger charge is -2.28. The van der Waals surface area contributed by atoms with Crippen LogP contribution in [-0.2, 0) is 0 Å². The van der Waals surface area contributed by atoms with Gasteiger partial charge in [0.05, 0.1) is 11.4 Å². The van der Waals surface area contributed by atoms with E-state index in [2.05, 4.69) is 69.9 Å². The van der Waals surface area contributed by atoms with Crippen LogP contribution >= 0.6 is 0 Å². The largest absolute Gasteiger partial charge is 0.396 e. The third-order valence-corrected chi connectivity index (χ3v) is 4.07. The summed E-state index contributed by atoms with van der Waals surface area (Å²) in [6, 6.07) is 12.5. The van der Waals surface area contributed by atoms with Crippen LogP contribution in [0.3, 0.4) is 0 Å². The van der Waals surface area contributed by atoms with Crippen molar-refractivity contribution in [2.45, 2.75) is 47.0 Å². The minimum atomic E-state index is 0.349. The van der Waals surface area contributed by atoms with Crippen LogP contribution in [0.1, 0.15) is 52.7 Å². The first-order valence-electron chi connectivity index (χ1n) is 9.04. The topological polar surface area (TPSA) is 42.2 Å². The molecule has 0 aliphatic rings. The Bertz CT molecular complexity index is 648. The summed E-state index contributed by atoms with van der Waals surface area (Å²) < 4.78 is 0. The Morgan fingerprint density at radius 1 is 1.08 bits per heavy atom. The number of anilines is 2. The first-order chi connectivity index (χ1) is 11.4. The molecule has 130 valence electrons. The highest BCUT2D eigenvalue weighted by molar-refractivity contribution is 5.76. The molecule has 1 heterocycles. The summed E-state index contributed by atoms with van der Waals surface area (Å²) in [5, 5.41) is 0. The van der Waals surface area contributed by atoms with Crippen LogP contribution in [0.4, 0.5) is 11.5 Å². The van der Waals surface area contributed by atoms with E-state index in [1.807, 2.05) is 6.07 Å². The zero-order valence-electron chi connectivity index (χ0n) is 15.7. The van der Waals surface area contributed by atoms with Crippen LogP contribution in [0.2, 0.25) is 0 Å². The number of nitrogens with zero attached hydrogens (tertiary/aromatic N) is 2. The van der Waals surface area contributed by atoms with Crippen molar-refractivity contribution in [2.75, 3.05) is 23.7 Å². The Labute approximate surface area is 146 Å². The van der Waals surface area contributed by atoms with Crippen LogP contribution < -0.4 is 10.6 Å². The van der Waals surface area contributed by atoms with Gasteiger partial charge >= 0.3 is 0 Å². The predicted octanol–water partition coefficient (Wildman–Crippen LogP) is 5.33. The Kier molecular flexibility index (Phi) is 6.24. The molecule has 0 unspecified atom stereocenters. The Morgan fingerprint density at radius 2 is 1.75 bits per heavy atom. The molecule has 0 amide bonds. The number of nitrogen functional groups attached to an aromatic ring is 1. The molecule has 0 bridgehead atoms. The fourth-order valence-electron chi connectivity index (χ4n) is 3.07. The third-order valence-electron chi connectivity index (χ3n) is 4.07. The number of nitrogens with two attached hydrogens (primary N) is 1. The molecule has 3 heteroatoms. The molecule has 2 N–H and O–H groups in total. The summed E-state index contributed by atoms with van der Waals surface area (Å²) in [5.74, 6) is 1.87. The van der Waals surface area contributed by atoms with Crippen molar-refractivity contribution in [1.82, 2.24) is 4.98 Å². The molecule has 0 saturated carbocycles. The van der Waals surface area contributed by atoms with Gasteiger partial charge in [0.25, 0.3) is 0 Å². The second-order valence-electron chi connectivity index (χ2n) is 7.19. The molecule has 0 saturated heterocycles. The van der Waals surface area contributed by atoms with Crippen molar-refractivity contribution in [3.05, 3.63) is 42.1 Å². The maximum absolute atomic E-state index is 6.43. The lowest BCUT2D eigenvalue weighted by Crippen LogP contribution is -2.30. The monoisotopic (exact) mass is 325 g/mol. The minimum absolute atomic E-state index is 0.349. The molecule has 0 spiro atoms. The molecule has 3 nitrogen and oxygen atoms in total. The smallest absolute Gasteiger partial charge is 0.152 e. The fraction of sp³-hybridized carbons (Fsp3) is 0.476. The molecule has 2 rings (SSSR count). The van der Waals surface area contributed by atoms with E-state index in [1.165, 1.54) is 5.56 Å². The van der Waals surface area contributed by atoms with Gasteiger partial charge in [-0.1, -0.05) is 65.0 Å². The first-order valence-corrected chi connectivity index (χ1v) is 9.04. The van der Waals surface area contributed by atoms with E-state index < -0.39 is 0 Å². The van der Waals surface area contributed by atoms with E-state index >= 15 is 0 Å². The number of hydrogen-bond donors (Lipinski definition) is 1. The molecule has 2 aromatic rings. The van der Waals surface area contributed by atoms with Gasteiger partial charge in [0.15, 0.2) is 5.82 Å². The van der Waals surface area contributed by atoms with Crippen molar-refractivity contribution in [2.24, 2.45) is 5.92 Å². The second kappa shape index (κ2) is 8.18. The lowest BCUT2D eigenvalue weighted by atomic mass is 9.97. The zero-order chi connectivity index (χ0) is 17.7. The van der Waals surface area contributed by atoms with Crippen molar-refractivity contribution in [3.8, 4) is 11.1 Å². The third kappa shape index (κ3) is 4.28. The molecular formula is C21H31N3. The van der Waals surface area contributed by atoms with Crippen molar-refractivity contribution < 1.29 is 0 Å². The van der Waals surface area contributed by atoms with E-state index in [9.17, 15) is 0 Å². The van der Waals surface area contributed by atoms with E-state index in [0.29, 0.717) is 11.8 Å². The summed E-state index contributed by atoms with van der Waals surface area (Å²) in [7, 11) is 0. The minimum Gasteiger partial charge on any atom is -0.396 e. The Balaban J connectivity index is 2.53. The average Bonchev–Trinajstić information content (AvgIpc) is 2.54. The molecule has 0 aliphatic carbocycles. The molecule has 0 radical (unpaired) electrons. The van der Waals surface area contributed by atoms with E-state index in [4.69, 9.17) is 10.7 Å². The summed E-state index contributed by atoms with van der Waals surface area (Å²) >= 11 is 0. The Hall–Kier alpha value is -2.03. The van der Waals surface area contributed by atoms with Gasteiger partial charge in [-0.3, -0.25) is 0 Å². The molecule has 0 aliphatic heterocycles. The SMILES string of the molecule is CCCN(CC(C)C)c1nc(C(C)C)c(-c2ccccc2)cc1N. The molecule has 1 aromatic carbocycles. The van der Waals surface area contributed by atoms with Gasteiger partial charge in [-0.05, 0) is 29.9 Å². The maximum Gasteiger partial charge on any atom is 0.152 e. The van der Waals surface area contributed by atoms with Gasteiger partial charge in [-0.15, -0.1) is 0 Å². The molecule has 0 fully saturated rings. The van der Waals surface area contributed by atoms with Crippen molar-refractivity contribution in [3.63, 3.8) is 0 Å². The van der Waals surface area contributed by atoms with Gasteiger partial charge in [0.2, 0.25) is 0 Å². The highest BCUT2D eigenvalue weighted by Gasteiger charge is 2.18. The van der Waals surface area contributed by atoms with Crippen LogP contribution in [-0.4, -0.2) is 18.1 Å². The molecule has 24 heavy (non-hydrogen) atoms. The average molecular weight is 326 g/mol. The van der Waals surface area contributed by atoms with Gasteiger partial charge in [-0.25, -0.2) is 4.98 Å². The van der Waals surface area contributed by atoms with E-state index in [1.54, 1.807) is 0 Å². The number of hydrogen-bond acceptors (Lipinski definition) is 3. The highest BCUT2D eigenvalue weighted by atomic mass is 15.2. The Morgan fingerprint density at radius 3 is 2.29 bits per heavy atom. The van der Waals surface area contributed by atoms with E-state index in [-0.39, 0.29) is 0 Å². The second-order valence-corrected chi connectivity index (χ2v) is 7.19. The first kappa shape index (κ1) is 18.3.